The Bertz CT molecular complexity index is 649. The standard InChI is InChI=1S/C17H16O3/c1-17(2)13(11-15(18)20-17)16(14-9-6-10-19-14)12-7-4-3-5-8-12/h3-10H,11H2,1-2H3. The molecule has 1 aliphatic heterocycles. The van der Waals surface area contributed by atoms with E-state index in [-0.39, 0.29) is 5.97 Å². The highest BCUT2D eigenvalue weighted by Gasteiger charge is 2.39. The highest BCUT2D eigenvalue weighted by molar-refractivity contribution is 5.88. The number of carbonyl (C=O) groups excluding carboxylic acids is 1. The molecule has 0 radical (unpaired) electrons. The van der Waals surface area contributed by atoms with E-state index in [1.807, 2.05) is 56.3 Å². The van der Waals surface area contributed by atoms with Crippen molar-refractivity contribution < 1.29 is 13.9 Å². The maximum absolute atomic E-state index is 11.7. The molecule has 3 rings (SSSR count). The van der Waals surface area contributed by atoms with Crippen LogP contribution in [0.15, 0.2) is 58.7 Å². The maximum Gasteiger partial charge on any atom is 0.310 e. The Hall–Kier alpha value is -2.29. The summed E-state index contributed by atoms with van der Waals surface area (Å²) in [7, 11) is 0. The second kappa shape index (κ2) is 4.67. The van der Waals surface area contributed by atoms with Crippen LogP contribution in [-0.4, -0.2) is 11.6 Å². The van der Waals surface area contributed by atoms with Crippen molar-refractivity contribution in [1.82, 2.24) is 0 Å². The summed E-state index contributed by atoms with van der Waals surface area (Å²) in [5.74, 6) is 0.572. The van der Waals surface area contributed by atoms with Crippen LogP contribution in [0, 0.1) is 0 Å². The van der Waals surface area contributed by atoms with Crippen molar-refractivity contribution in [2.24, 2.45) is 0 Å². The fourth-order valence-electron chi connectivity index (χ4n) is 2.62. The first kappa shape index (κ1) is 12.7. The zero-order valence-corrected chi connectivity index (χ0v) is 11.6. The molecule has 0 N–H and O–H groups in total. The third-order valence-corrected chi connectivity index (χ3v) is 3.55. The Labute approximate surface area is 117 Å². The monoisotopic (exact) mass is 268 g/mol. The van der Waals surface area contributed by atoms with Gasteiger partial charge in [0, 0.05) is 5.57 Å². The summed E-state index contributed by atoms with van der Waals surface area (Å²) < 4.78 is 11.0. The van der Waals surface area contributed by atoms with Gasteiger partial charge in [0.05, 0.1) is 12.7 Å². The van der Waals surface area contributed by atoms with E-state index in [1.165, 1.54) is 0 Å². The molecule has 2 heterocycles. The van der Waals surface area contributed by atoms with Crippen LogP contribution < -0.4 is 0 Å². The van der Waals surface area contributed by atoms with Gasteiger partial charge in [-0.15, -0.1) is 0 Å². The van der Waals surface area contributed by atoms with Crippen molar-refractivity contribution in [1.29, 1.82) is 0 Å². The molecule has 102 valence electrons. The average Bonchev–Trinajstić information content (AvgIpc) is 3.00. The first-order valence-electron chi connectivity index (χ1n) is 6.63. The number of rotatable bonds is 2. The molecule has 0 unspecified atom stereocenters. The number of esters is 1. The summed E-state index contributed by atoms with van der Waals surface area (Å²) in [4.78, 5) is 11.7. The van der Waals surface area contributed by atoms with Crippen molar-refractivity contribution in [3.63, 3.8) is 0 Å². The first-order chi connectivity index (χ1) is 9.58. The van der Waals surface area contributed by atoms with E-state index in [1.54, 1.807) is 6.26 Å². The third kappa shape index (κ3) is 2.16. The van der Waals surface area contributed by atoms with Crippen LogP contribution in [0.4, 0.5) is 0 Å². The van der Waals surface area contributed by atoms with Crippen LogP contribution >= 0.6 is 0 Å². The second-order valence-corrected chi connectivity index (χ2v) is 5.36. The average molecular weight is 268 g/mol. The molecular weight excluding hydrogens is 252 g/mol. The lowest BCUT2D eigenvalue weighted by molar-refractivity contribution is -0.145. The smallest absolute Gasteiger partial charge is 0.310 e. The van der Waals surface area contributed by atoms with Gasteiger partial charge in [0.15, 0.2) is 0 Å². The summed E-state index contributed by atoms with van der Waals surface area (Å²) in [6.45, 7) is 3.83. The Morgan fingerprint density at radius 3 is 2.40 bits per heavy atom. The topological polar surface area (TPSA) is 39.4 Å². The highest BCUT2D eigenvalue weighted by atomic mass is 16.6. The maximum atomic E-state index is 11.7. The Morgan fingerprint density at radius 2 is 1.85 bits per heavy atom. The molecule has 0 atom stereocenters. The molecule has 1 aromatic carbocycles. The predicted molar refractivity (Wildman–Crippen MR) is 76.0 cm³/mol. The third-order valence-electron chi connectivity index (χ3n) is 3.55. The van der Waals surface area contributed by atoms with Gasteiger partial charge in [-0.1, -0.05) is 30.3 Å². The van der Waals surface area contributed by atoms with Crippen LogP contribution in [-0.2, 0) is 9.53 Å². The van der Waals surface area contributed by atoms with E-state index in [9.17, 15) is 4.79 Å². The fraction of sp³-hybridized carbons (Fsp3) is 0.235. The van der Waals surface area contributed by atoms with Gasteiger partial charge >= 0.3 is 5.97 Å². The van der Waals surface area contributed by atoms with Crippen molar-refractivity contribution in [3.05, 3.63) is 65.6 Å². The van der Waals surface area contributed by atoms with Crippen molar-refractivity contribution in [2.45, 2.75) is 25.9 Å². The fourth-order valence-corrected chi connectivity index (χ4v) is 2.62. The Kier molecular flexibility index (Phi) is 2.97. The lowest BCUT2D eigenvalue weighted by Gasteiger charge is -2.21. The van der Waals surface area contributed by atoms with Gasteiger partial charge in [0.1, 0.15) is 11.4 Å². The van der Waals surface area contributed by atoms with E-state index in [0.717, 1.165) is 22.5 Å². The van der Waals surface area contributed by atoms with Gasteiger partial charge in [-0.25, -0.2) is 0 Å². The molecule has 1 fully saturated rings. The number of carbonyl (C=O) groups is 1. The molecule has 1 aromatic heterocycles. The molecular formula is C17H16O3. The number of hydrogen-bond donors (Lipinski definition) is 0. The van der Waals surface area contributed by atoms with E-state index in [4.69, 9.17) is 9.15 Å². The SMILES string of the molecule is CC1(C)OC(=O)CC1=C(c1ccccc1)c1ccco1. The number of cyclic esters (lactones) is 1. The van der Waals surface area contributed by atoms with Crippen LogP contribution in [0.3, 0.4) is 0 Å². The van der Waals surface area contributed by atoms with Crippen molar-refractivity contribution in [2.75, 3.05) is 0 Å². The molecule has 1 saturated heterocycles. The molecule has 3 nitrogen and oxygen atoms in total. The van der Waals surface area contributed by atoms with Crippen LogP contribution in [0.2, 0.25) is 0 Å². The molecule has 2 aromatic rings. The van der Waals surface area contributed by atoms with Gasteiger partial charge in [0.25, 0.3) is 0 Å². The second-order valence-electron chi connectivity index (χ2n) is 5.36. The van der Waals surface area contributed by atoms with Gasteiger partial charge < -0.3 is 9.15 Å². The van der Waals surface area contributed by atoms with Crippen molar-refractivity contribution in [3.8, 4) is 0 Å². The highest BCUT2D eigenvalue weighted by Crippen LogP contribution is 2.40. The van der Waals surface area contributed by atoms with Gasteiger partial charge in [-0.2, -0.15) is 0 Å². The zero-order chi connectivity index (χ0) is 14.2. The predicted octanol–water partition coefficient (Wildman–Crippen LogP) is 3.81. The number of hydrogen-bond acceptors (Lipinski definition) is 3. The minimum absolute atomic E-state index is 0.190. The summed E-state index contributed by atoms with van der Waals surface area (Å²) >= 11 is 0. The Balaban J connectivity index is 2.24. The van der Waals surface area contributed by atoms with Gasteiger partial charge in [-0.05, 0) is 37.1 Å². The number of ether oxygens (including phenoxy) is 1. The largest absolute Gasteiger partial charge is 0.464 e. The molecule has 0 bridgehead atoms. The molecule has 20 heavy (non-hydrogen) atoms. The molecule has 3 heteroatoms. The summed E-state index contributed by atoms with van der Waals surface area (Å²) in [5.41, 5.74) is 2.34. The molecule has 1 aliphatic rings. The molecule has 0 spiro atoms. The molecule has 0 saturated carbocycles. The first-order valence-corrected chi connectivity index (χ1v) is 6.63. The summed E-state index contributed by atoms with van der Waals surface area (Å²) in [5, 5.41) is 0. The zero-order valence-electron chi connectivity index (χ0n) is 11.6. The Morgan fingerprint density at radius 1 is 1.10 bits per heavy atom. The minimum Gasteiger partial charge on any atom is -0.464 e. The molecule has 0 amide bonds. The van der Waals surface area contributed by atoms with E-state index >= 15 is 0 Å². The minimum atomic E-state index is -0.602. The quantitative estimate of drug-likeness (QED) is 0.777. The lowest BCUT2D eigenvalue weighted by Crippen LogP contribution is -2.21. The number of benzene rings is 1. The summed E-state index contributed by atoms with van der Waals surface area (Å²) in [6, 6.07) is 13.7. The number of furan rings is 1. The van der Waals surface area contributed by atoms with Gasteiger partial charge in [0.2, 0.25) is 0 Å². The van der Waals surface area contributed by atoms with Crippen LogP contribution in [0.5, 0.6) is 0 Å². The van der Waals surface area contributed by atoms with Gasteiger partial charge in [-0.3, -0.25) is 4.79 Å². The summed E-state index contributed by atoms with van der Waals surface area (Å²) in [6.07, 6.45) is 1.95. The lowest BCUT2D eigenvalue weighted by atomic mass is 9.88. The van der Waals surface area contributed by atoms with Crippen molar-refractivity contribution >= 4 is 11.5 Å². The van der Waals surface area contributed by atoms with E-state index < -0.39 is 5.60 Å². The molecule has 0 aliphatic carbocycles. The van der Waals surface area contributed by atoms with E-state index in [0.29, 0.717) is 6.42 Å². The van der Waals surface area contributed by atoms with E-state index in [2.05, 4.69) is 0 Å². The normalized spacial score (nSPS) is 19.8. The van der Waals surface area contributed by atoms with Crippen LogP contribution in [0.1, 0.15) is 31.6 Å². The van der Waals surface area contributed by atoms with Crippen LogP contribution in [0.25, 0.3) is 5.57 Å².